The van der Waals surface area contributed by atoms with E-state index in [2.05, 4.69) is 15.1 Å². The van der Waals surface area contributed by atoms with Crippen molar-refractivity contribution in [3.05, 3.63) is 11.4 Å². The molecule has 3 heterocycles. The molecule has 0 aliphatic carbocycles. The maximum absolute atomic E-state index is 12.8. The number of H-pyrrole nitrogens is 1. The van der Waals surface area contributed by atoms with Crippen molar-refractivity contribution in [1.29, 1.82) is 0 Å². The number of nitrogens with one attached hydrogen (secondary N) is 1. The van der Waals surface area contributed by atoms with E-state index in [-0.39, 0.29) is 0 Å². The minimum Gasteiger partial charge on any atom is -0.379 e. The van der Waals surface area contributed by atoms with Crippen LogP contribution in [0.5, 0.6) is 0 Å². The molecule has 0 radical (unpaired) electrons. The first kappa shape index (κ1) is 15.0. The van der Waals surface area contributed by atoms with E-state index in [4.69, 9.17) is 4.74 Å². The summed E-state index contributed by atoms with van der Waals surface area (Å²) >= 11 is 0. The molecule has 0 amide bonds. The van der Waals surface area contributed by atoms with Gasteiger partial charge in [-0.2, -0.15) is 9.40 Å². The number of hydrogen-bond donors (Lipinski definition) is 1. The van der Waals surface area contributed by atoms with Gasteiger partial charge in [-0.25, -0.2) is 8.42 Å². The fourth-order valence-corrected chi connectivity index (χ4v) is 5.04. The summed E-state index contributed by atoms with van der Waals surface area (Å²) < 4.78 is 32.5. The highest BCUT2D eigenvalue weighted by molar-refractivity contribution is 7.89. The Morgan fingerprint density at radius 2 is 1.95 bits per heavy atom. The lowest BCUT2D eigenvalue weighted by Crippen LogP contribution is -2.45. The van der Waals surface area contributed by atoms with Crippen LogP contribution < -0.4 is 0 Å². The minimum absolute atomic E-state index is 0.302. The standard InChI is InChI=1S/C13H22N4O3S/c1-10-13(11(2)15-14-10)21(18,19)17-4-3-12(9-17)16-5-7-20-8-6-16/h12H,3-9H2,1-2H3,(H,14,15). The molecule has 0 aromatic carbocycles. The number of morpholine rings is 1. The van der Waals surface area contributed by atoms with Gasteiger partial charge in [0.15, 0.2) is 0 Å². The Morgan fingerprint density at radius 3 is 2.57 bits per heavy atom. The second-order valence-electron chi connectivity index (χ2n) is 5.72. The van der Waals surface area contributed by atoms with E-state index >= 15 is 0 Å². The molecule has 8 heteroatoms. The highest BCUT2D eigenvalue weighted by Gasteiger charge is 2.37. The van der Waals surface area contributed by atoms with Crippen molar-refractivity contribution in [3.63, 3.8) is 0 Å². The highest BCUT2D eigenvalue weighted by Crippen LogP contribution is 2.27. The van der Waals surface area contributed by atoms with E-state index in [1.807, 2.05) is 0 Å². The lowest BCUT2D eigenvalue weighted by atomic mass is 10.2. The molecule has 1 unspecified atom stereocenters. The summed E-state index contributed by atoms with van der Waals surface area (Å²) in [6.07, 6.45) is 0.884. The number of nitrogens with zero attached hydrogens (tertiary/aromatic N) is 3. The van der Waals surface area contributed by atoms with Crippen molar-refractivity contribution in [2.24, 2.45) is 0 Å². The Kier molecular flexibility index (Phi) is 4.04. The molecule has 118 valence electrons. The zero-order chi connectivity index (χ0) is 15.0. The molecule has 1 aromatic rings. The van der Waals surface area contributed by atoms with Gasteiger partial charge in [0, 0.05) is 32.2 Å². The maximum Gasteiger partial charge on any atom is 0.246 e. The quantitative estimate of drug-likeness (QED) is 0.857. The second kappa shape index (κ2) is 5.68. The first-order valence-corrected chi connectivity index (χ1v) is 8.77. The molecule has 2 fully saturated rings. The molecule has 2 aliphatic rings. The van der Waals surface area contributed by atoms with E-state index in [0.29, 0.717) is 35.4 Å². The number of aromatic amines is 1. The number of ether oxygens (including phenoxy) is 1. The average molecular weight is 314 g/mol. The van der Waals surface area contributed by atoms with E-state index in [0.717, 1.165) is 32.7 Å². The number of rotatable bonds is 3. The lowest BCUT2D eigenvalue weighted by Gasteiger charge is -2.32. The van der Waals surface area contributed by atoms with Crippen LogP contribution in [0.2, 0.25) is 0 Å². The zero-order valence-electron chi connectivity index (χ0n) is 12.5. The molecule has 1 atom stereocenters. The smallest absolute Gasteiger partial charge is 0.246 e. The van der Waals surface area contributed by atoms with Crippen LogP contribution in [0.4, 0.5) is 0 Å². The van der Waals surface area contributed by atoms with E-state index < -0.39 is 10.0 Å². The summed E-state index contributed by atoms with van der Waals surface area (Å²) in [5.74, 6) is 0. The second-order valence-corrected chi connectivity index (χ2v) is 7.59. The van der Waals surface area contributed by atoms with E-state index in [9.17, 15) is 8.42 Å². The van der Waals surface area contributed by atoms with Crippen molar-refractivity contribution in [2.45, 2.75) is 31.2 Å². The average Bonchev–Trinajstić information content (AvgIpc) is 3.08. The van der Waals surface area contributed by atoms with Gasteiger partial charge in [0.1, 0.15) is 4.90 Å². The van der Waals surface area contributed by atoms with Gasteiger partial charge in [-0.15, -0.1) is 0 Å². The monoisotopic (exact) mass is 314 g/mol. The first-order valence-electron chi connectivity index (χ1n) is 7.33. The molecular weight excluding hydrogens is 292 g/mol. The van der Waals surface area contributed by atoms with Crippen molar-refractivity contribution in [2.75, 3.05) is 39.4 Å². The van der Waals surface area contributed by atoms with Crippen LogP contribution in [0, 0.1) is 13.8 Å². The van der Waals surface area contributed by atoms with Crippen molar-refractivity contribution in [1.82, 2.24) is 19.4 Å². The molecule has 0 saturated carbocycles. The molecule has 0 bridgehead atoms. The molecule has 1 N–H and O–H groups in total. The van der Waals surface area contributed by atoms with Gasteiger partial charge in [0.2, 0.25) is 10.0 Å². The van der Waals surface area contributed by atoms with Crippen molar-refractivity contribution in [3.8, 4) is 0 Å². The Morgan fingerprint density at radius 1 is 1.24 bits per heavy atom. The number of sulfonamides is 1. The van der Waals surface area contributed by atoms with Crippen LogP contribution in [0.15, 0.2) is 4.90 Å². The van der Waals surface area contributed by atoms with Crippen molar-refractivity contribution >= 4 is 10.0 Å². The molecule has 2 saturated heterocycles. The zero-order valence-corrected chi connectivity index (χ0v) is 13.3. The van der Waals surface area contributed by atoms with Gasteiger partial charge in [0.25, 0.3) is 0 Å². The fourth-order valence-electron chi connectivity index (χ4n) is 3.22. The summed E-state index contributed by atoms with van der Waals surface area (Å²) in [6, 6.07) is 0.302. The third-order valence-corrected chi connectivity index (χ3v) is 6.48. The van der Waals surface area contributed by atoms with Gasteiger partial charge in [-0.05, 0) is 20.3 Å². The number of aromatic nitrogens is 2. The topological polar surface area (TPSA) is 78.5 Å². The summed E-state index contributed by atoms with van der Waals surface area (Å²) in [4.78, 5) is 2.68. The van der Waals surface area contributed by atoms with Gasteiger partial charge in [-0.3, -0.25) is 10.00 Å². The summed E-state index contributed by atoms with van der Waals surface area (Å²) in [5.41, 5.74) is 1.16. The predicted molar refractivity (Wildman–Crippen MR) is 77.6 cm³/mol. The van der Waals surface area contributed by atoms with Crippen LogP contribution in [-0.2, 0) is 14.8 Å². The van der Waals surface area contributed by atoms with Gasteiger partial charge < -0.3 is 4.74 Å². The Bertz CT molecular complexity index is 587. The lowest BCUT2D eigenvalue weighted by molar-refractivity contribution is 0.0197. The summed E-state index contributed by atoms with van der Waals surface area (Å²) in [5, 5.41) is 6.76. The molecular formula is C13H22N4O3S. The van der Waals surface area contributed by atoms with E-state index in [1.54, 1.807) is 18.2 Å². The Balaban J connectivity index is 1.76. The van der Waals surface area contributed by atoms with Crippen LogP contribution in [0.1, 0.15) is 17.8 Å². The third-order valence-electron chi connectivity index (χ3n) is 4.35. The van der Waals surface area contributed by atoms with Crippen LogP contribution >= 0.6 is 0 Å². The summed E-state index contributed by atoms with van der Waals surface area (Å²) in [7, 11) is -3.45. The minimum atomic E-state index is -3.45. The highest BCUT2D eigenvalue weighted by atomic mass is 32.2. The Labute approximate surface area is 125 Å². The van der Waals surface area contributed by atoms with Gasteiger partial charge in [-0.1, -0.05) is 0 Å². The fraction of sp³-hybridized carbons (Fsp3) is 0.769. The molecule has 3 rings (SSSR count). The number of aryl methyl sites for hydroxylation is 2. The van der Waals surface area contributed by atoms with Crippen LogP contribution in [-0.4, -0.2) is 73.3 Å². The van der Waals surface area contributed by atoms with Crippen molar-refractivity contribution < 1.29 is 13.2 Å². The van der Waals surface area contributed by atoms with Gasteiger partial charge >= 0.3 is 0 Å². The third kappa shape index (κ3) is 2.73. The Hall–Kier alpha value is -0.960. The number of hydrogen-bond acceptors (Lipinski definition) is 5. The van der Waals surface area contributed by atoms with E-state index in [1.165, 1.54) is 0 Å². The normalized spacial score (nSPS) is 25.5. The van der Waals surface area contributed by atoms with Gasteiger partial charge in [0.05, 0.1) is 24.6 Å². The van der Waals surface area contributed by atoms with Crippen LogP contribution in [0.3, 0.4) is 0 Å². The largest absolute Gasteiger partial charge is 0.379 e. The molecule has 2 aliphatic heterocycles. The van der Waals surface area contributed by atoms with Crippen LogP contribution in [0.25, 0.3) is 0 Å². The predicted octanol–water partition coefficient (Wildman–Crippen LogP) is 0.122. The molecule has 7 nitrogen and oxygen atoms in total. The molecule has 21 heavy (non-hydrogen) atoms. The SMILES string of the molecule is Cc1n[nH]c(C)c1S(=O)(=O)N1CCC(N2CCOCC2)C1. The first-order chi connectivity index (χ1) is 10.00. The summed E-state index contributed by atoms with van der Waals surface area (Å²) in [6.45, 7) is 7.88. The maximum atomic E-state index is 12.8. The molecule has 1 aromatic heterocycles. The molecule has 0 spiro atoms.